The molecule has 0 fully saturated rings. The second kappa shape index (κ2) is 6.63. The zero-order chi connectivity index (χ0) is 17.3. The fourth-order valence-electron chi connectivity index (χ4n) is 2.45. The van der Waals surface area contributed by atoms with Crippen LogP contribution in [0.5, 0.6) is 0 Å². The van der Waals surface area contributed by atoms with Gasteiger partial charge in [0.25, 0.3) is 0 Å². The van der Waals surface area contributed by atoms with Crippen molar-refractivity contribution in [3.63, 3.8) is 0 Å². The van der Waals surface area contributed by atoms with E-state index in [1.54, 1.807) is 48.5 Å². The number of hydrogen-bond donors (Lipinski definition) is 0. The smallest absolute Gasteiger partial charge is 0.249 e. The molecular weight excluding hydrogens is 349 g/mol. The summed E-state index contributed by atoms with van der Waals surface area (Å²) in [5.41, 5.74) is -0.246. The number of hydrogen-bond acceptors (Lipinski definition) is 3. The Hall–Kier alpha value is -2.37. The maximum absolute atomic E-state index is 13.0. The molecule has 0 saturated carbocycles. The Morgan fingerprint density at radius 1 is 0.917 bits per heavy atom. The zero-order valence-electron chi connectivity index (χ0n) is 12.7. The third-order valence-corrected chi connectivity index (χ3v) is 3.98. The van der Waals surface area contributed by atoms with Gasteiger partial charge in [-0.3, -0.25) is 0 Å². The summed E-state index contributed by atoms with van der Waals surface area (Å²) < 4.78 is 2.38. The van der Waals surface area contributed by atoms with Gasteiger partial charge in [0.1, 0.15) is 5.82 Å². The molecule has 122 valence electrons. The minimum absolute atomic E-state index is 0.364. The number of aromatic nitrogens is 3. The highest BCUT2D eigenvalue weighted by Crippen LogP contribution is 2.15. The van der Waals surface area contributed by atoms with Gasteiger partial charge in [-0.2, -0.15) is 4.98 Å². The van der Waals surface area contributed by atoms with E-state index in [1.165, 1.54) is 4.57 Å². The lowest BCUT2D eigenvalue weighted by molar-refractivity contribution is 0.692. The van der Waals surface area contributed by atoms with Gasteiger partial charge in [-0.25, -0.2) is 18.7 Å². The van der Waals surface area contributed by atoms with Gasteiger partial charge in [0.2, 0.25) is 0 Å². The van der Waals surface area contributed by atoms with Crippen LogP contribution in [0.25, 0.3) is 11.4 Å². The number of halogens is 2. The fraction of sp³-hybridized carbons (Fsp3) is 0.118. The van der Waals surface area contributed by atoms with E-state index in [9.17, 15) is 9.59 Å². The topological polar surface area (TPSA) is 56.9 Å². The summed E-state index contributed by atoms with van der Waals surface area (Å²) in [5.74, 6) is 0.366. The Morgan fingerprint density at radius 2 is 1.46 bits per heavy atom. The molecular formula is C17H13Cl2N3O2. The summed E-state index contributed by atoms with van der Waals surface area (Å²) in [6, 6.07) is 13.3. The molecule has 0 saturated heterocycles. The van der Waals surface area contributed by atoms with Crippen LogP contribution in [0.1, 0.15) is 12.7 Å². The molecule has 24 heavy (non-hydrogen) atoms. The SMILES string of the molecule is CCc1nc(=O)n(-c2cccc(Cl)c2)c(=O)n1-c1cccc(Cl)c1. The van der Waals surface area contributed by atoms with Crippen LogP contribution in [0.3, 0.4) is 0 Å². The van der Waals surface area contributed by atoms with Crippen LogP contribution in [0.15, 0.2) is 58.1 Å². The summed E-state index contributed by atoms with van der Waals surface area (Å²) in [4.78, 5) is 29.4. The molecule has 0 unspecified atom stereocenters. The number of benzene rings is 2. The third kappa shape index (κ3) is 3.00. The van der Waals surface area contributed by atoms with Gasteiger partial charge in [-0.15, -0.1) is 0 Å². The quantitative estimate of drug-likeness (QED) is 0.719. The lowest BCUT2D eigenvalue weighted by atomic mass is 10.3. The molecule has 1 aromatic heterocycles. The Balaban J connectivity index is 2.36. The standard InChI is InChI=1S/C17H13Cl2N3O2/c1-2-15-20-16(23)22(14-8-4-6-12(19)10-14)17(24)21(15)13-7-3-5-11(18)9-13/h3-10H,2H2,1H3. The molecule has 0 atom stereocenters. The van der Waals surface area contributed by atoms with Gasteiger partial charge in [0.05, 0.1) is 11.4 Å². The van der Waals surface area contributed by atoms with Crippen molar-refractivity contribution in [2.75, 3.05) is 0 Å². The van der Waals surface area contributed by atoms with Crippen LogP contribution >= 0.6 is 23.2 Å². The molecule has 0 aliphatic heterocycles. The van der Waals surface area contributed by atoms with Gasteiger partial charge in [0.15, 0.2) is 0 Å². The Kier molecular flexibility index (Phi) is 4.55. The lowest BCUT2D eigenvalue weighted by Gasteiger charge is -2.14. The maximum Gasteiger partial charge on any atom is 0.358 e. The van der Waals surface area contributed by atoms with Gasteiger partial charge in [-0.05, 0) is 36.4 Å². The summed E-state index contributed by atoms with van der Waals surface area (Å²) in [5, 5.41) is 0.912. The molecule has 5 nitrogen and oxygen atoms in total. The summed E-state index contributed by atoms with van der Waals surface area (Å²) in [6.07, 6.45) is 0.424. The van der Waals surface area contributed by atoms with Crippen LogP contribution in [0.2, 0.25) is 10.0 Å². The van der Waals surface area contributed by atoms with Crippen molar-refractivity contribution in [3.8, 4) is 11.4 Å². The van der Waals surface area contributed by atoms with E-state index in [0.29, 0.717) is 33.7 Å². The van der Waals surface area contributed by atoms with E-state index in [0.717, 1.165) is 4.57 Å². The number of rotatable bonds is 3. The molecule has 1 heterocycles. The molecule has 0 spiro atoms. The van der Waals surface area contributed by atoms with Gasteiger partial charge in [0, 0.05) is 16.5 Å². The van der Waals surface area contributed by atoms with E-state index >= 15 is 0 Å². The average Bonchev–Trinajstić information content (AvgIpc) is 2.54. The first-order valence-corrected chi connectivity index (χ1v) is 8.03. The predicted octanol–water partition coefficient (Wildman–Crippen LogP) is 3.25. The van der Waals surface area contributed by atoms with E-state index in [4.69, 9.17) is 23.2 Å². The molecule has 2 aromatic carbocycles. The van der Waals surface area contributed by atoms with Gasteiger partial charge in [-0.1, -0.05) is 42.3 Å². The Bertz CT molecular complexity index is 1020. The summed E-state index contributed by atoms with van der Waals surface area (Å²) in [6.45, 7) is 1.83. The second-order valence-electron chi connectivity index (χ2n) is 5.08. The molecule has 3 rings (SSSR count). The first-order chi connectivity index (χ1) is 11.5. The van der Waals surface area contributed by atoms with Crippen molar-refractivity contribution in [1.29, 1.82) is 0 Å². The fourth-order valence-corrected chi connectivity index (χ4v) is 2.82. The van der Waals surface area contributed by atoms with E-state index < -0.39 is 11.4 Å². The van der Waals surface area contributed by atoms with Crippen molar-refractivity contribution in [1.82, 2.24) is 14.1 Å². The molecule has 7 heteroatoms. The zero-order valence-corrected chi connectivity index (χ0v) is 14.3. The van der Waals surface area contributed by atoms with Crippen molar-refractivity contribution in [3.05, 3.63) is 85.4 Å². The van der Waals surface area contributed by atoms with Crippen LogP contribution in [-0.4, -0.2) is 14.1 Å². The van der Waals surface area contributed by atoms with E-state index in [2.05, 4.69) is 4.98 Å². The molecule has 0 amide bonds. The summed E-state index contributed by atoms with van der Waals surface area (Å²) >= 11 is 12.0. The highest BCUT2D eigenvalue weighted by molar-refractivity contribution is 6.31. The minimum Gasteiger partial charge on any atom is -0.249 e. The molecule has 0 N–H and O–H groups in total. The van der Waals surface area contributed by atoms with Crippen molar-refractivity contribution in [2.45, 2.75) is 13.3 Å². The van der Waals surface area contributed by atoms with Crippen LogP contribution in [-0.2, 0) is 6.42 Å². The Morgan fingerprint density at radius 3 is 1.96 bits per heavy atom. The highest BCUT2D eigenvalue weighted by Gasteiger charge is 2.15. The monoisotopic (exact) mass is 361 g/mol. The molecule has 0 aliphatic rings. The van der Waals surface area contributed by atoms with Crippen LogP contribution in [0, 0.1) is 0 Å². The van der Waals surface area contributed by atoms with Gasteiger partial charge >= 0.3 is 11.4 Å². The molecule has 3 aromatic rings. The average molecular weight is 362 g/mol. The highest BCUT2D eigenvalue weighted by atomic mass is 35.5. The largest absolute Gasteiger partial charge is 0.358 e. The van der Waals surface area contributed by atoms with Crippen molar-refractivity contribution >= 4 is 23.2 Å². The second-order valence-corrected chi connectivity index (χ2v) is 5.95. The summed E-state index contributed by atoms with van der Waals surface area (Å²) in [7, 11) is 0. The van der Waals surface area contributed by atoms with Crippen molar-refractivity contribution < 1.29 is 0 Å². The maximum atomic E-state index is 13.0. The minimum atomic E-state index is -0.641. The van der Waals surface area contributed by atoms with E-state index in [1.807, 2.05) is 6.92 Å². The van der Waals surface area contributed by atoms with Gasteiger partial charge < -0.3 is 0 Å². The normalized spacial score (nSPS) is 10.8. The number of aryl methyl sites for hydroxylation is 1. The molecule has 0 radical (unpaired) electrons. The van der Waals surface area contributed by atoms with Crippen LogP contribution < -0.4 is 11.4 Å². The van der Waals surface area contributed by atoms with E-state index in [-0.39, 0.29) is 0 Å². The molecule has 0 bridgehead atoms. The van der Waals surface area contributed by atoms with Crippen molar-refractivity contribution in [2.24, 2.45) is 0 Å². The first kappa shape index (κ1) is 16.5. The first-order valence-electron chi connectivity index (χ1n) is 7.28. The third-order valence-electron chi connectivity index (χ3n) is 3.51. The van der Waals surface area contributed by atoms with Crippen LogP contribution in [0.4, 0.5) is 0 Å². The molecule has 0 aliphatic carbocycles. The number of nitrogens with zero attached hydrogens (tertiary/aromatic N) is 3. The predicted molar refractivity (Wildman–Crippen MR) is 94.8 cm³/mol. The lowest BCUT2D eigenvalue weighted by Crippen LogP contribution is -2.41. The Labute approximate surface area is 147 Å².